The molecule has 1 atom stereocenters. The van der Waals surface area contributed by atoms with Crippen molar-refractivity contribution in [3.05, 3.63) is 102 Å². The van der Waals surface area contributed by atoms with Crippen molar-refractivity contribution in [3.63, 3.8) is 0 Å². The topological polar surface area (TPSA) is 136 Å². The van der Waals surface area contributed by atoms with E-state index in [2.05, 4.69) is 5.32 Å². The average Bonchev–Trinajstić information content (AvgIpc) is 2.94. The molecule has 1 saturated heterocycles. The van der Waals surface area contributed by atoms with Gasteiger partial charge in [0.05, 0.1) is 6.04 Å². The lowest BCUT2D eigenvalue weighted by atomic mass is 10.0. The first kappa shape index (κ1) is 29.6. The molecule has 0 saturated carbocycles. The summed E-state index contributed by atoms with van der Waals surface area (Å²) in [6.45, 7) is 6.24. The lowest BCUT2D eigenvalue weighted by molar-refractivity contribution is -0.163. The van der Waals surface area contributed by atoms with Crippen LogP contribution < -0.4 is 16.0 Å². The predicted molar refractivity (Wildman–Crippen MR) is 153 cm³/mol. The van der Waals surface area contributed by atoms with Crippen LogP contribution in [0.25, 0.3) is 0 Å². The number of benzene rings is 3. The Morgan fingerprint density at radius 2 is 1.51 bits per heavy atom. The van der Waals surface area contributed by atoms with Crippen LogP contribution in [0.3, 0.4) is 0 Å². The van der Waals surface area contributed by atoms with Gasteiger partial charge in [-0.25, -0.2) is 15.5 Å². The Hall–Kier alpha value is -4.41. The smallest absolute Gasteiger partial charge is 0.410 e. The van der Waals surface area contributed by atoms with Gasteiger partial charge in [0, 0.05) is 18.7 Å². The zero-order chi connectivity index (χ0) is 29.4. The van der Waals surface area contributed by atoms with Gasteiger partial charge < -0.3 is 24.4 Å². The van der Waals surface area contributed by atoms with Gasteiger partial charge in [0.2, 0.25) is 6.10 Å². The molecule has 216 valence electrons. The summed E-state index contributed by atoms with van der Waals surface area (Å²) in [5.74, 6) is 5.47. The van der Waals surface area contributed by atoms with Crippen LogP contribution in [0.1, 0.15) is 43.6 Å². The molecule has 1 fully saturated rings. The molecule has 4 rings (SSSR count). The van der Waals surface area contributed by atoms with Gasteiger partial charge in [-0.1, -0.05) is 60.7 Å². The van der Waals surface area contributed by atoms with Crippen molar-refractivity contribution in [1.29, 1.82) is 5.41 Å². The maximum atomic E-state index is 13.0. The highest BCUT2D eigenvalue weighted by Gasteiger charge is 2.34. The standard InChI is InChI=1S/C31H36N4O6/c1-31(2,3)40-30(37)35-18-24(19-35)34-28(32)23-14-16-25(17-15-23)38-20-26(41-33)29(36)39-27(21-10-6-4-7-11-21)22-12-8-5-9-13-22/h4-17,24,26-27H,18-20,33H2,1-3H3,(H2,32,34)/t26-/m0/s1. The van der Waals surface area contributed by atoms with Gasteiger partial charge in [-0.3, -0.25) is 10.2 Å². The molecule has 0 aromatic heterocycles. The maximum Gasteiger partial charge on any atom is 0.410 e. The normalized spacial score (nSPS) is 14.1. The number of nitrogens with two attached hydrogens (primary N) is 1. The second kappa shape index (κ2) is 13.3. The predicted octanol–water partition coefficient (Wildman–Crippen LogP) is 4.19. The van der Waals surface area contributed by atoms with Crippen LogP contribution in [-0.4, -0.2) is 60.2 Å². The fourth-order valence-corrected chi connectivity index (χ4v) is 4.16. The quantitative estimate of drug-likeness (QED) is 0.145. The highest BCUT2D eigenvalue weighted by atomic mass is 16.7. The van der Waals surface area contributed by atoms with Gasteiger partial charge in [0.25, 0.3) is 0 Å². The van der Waals surface area contributed by atoms with Gasteiger partial charge in [-0.05, 0) is 56.2 Å². The van der Waals surface area contributed by atoms with Gasteiger partial charge in [-0.2, -0.15) is 0 Å². The third-order valence-corrected chi connectivity index (χ3v) is 6.29. The number of carbonyl (C=O) groups is 2. The number of ether oxygens (including phenoxy) is 3. The Morgan fingerprint density at radius 3 is 2.02 bits per heavy atom. The van der Waals surface area contributed by atoms with Crippen LogP contribution in [0.15, 0.2) is 84.9 Å². The molecule has 1 heterocycles. The number of hydrogen-bond donors (Lipinski definition) is 3. The van der Waals surface area contributed by atoms with E-state index in [0.717, 1.165) is 11.1 Å². The molecule has 0 bridgehead atoms. The van der Waals surface area contributed by atoms with Gasteiger partial charge in [-0.15, -0.1) is 0 Å². The van der Waals surface area contributed by atoms with E-state index in [1.165, 1.54) is 0 Å². The Labute approximate surface area is 239 Å². The molecule has 0 aliphatic carbocycles. The van der Waals surface area contributed by atoms with E-state index in [4.69, 9.17) is 30.4 Å². The molecule has 0 radical (unpaired) electrons. The molecule has 0 unspecified atom stereocenters. The van der Waals surface area contributed by atoms with E-state index < -0.39 is 23.8 Å². The highest BCUT2D eigenvalue weighted by Crippen LogP contribution is 2.26. The maximum absolute atomic E-state index is 13.0. The SMILES string of the molecule is CC(C)(C)OC(=O)N1CC(NC(=N)c2ccc(OC[C@H](ON)C(=O)OC(c3ccccc3)c3ccccc3)cc2)C1. The van der Waals surface area contributed by atoms with E-state index >= 15 is 0 Å². The third kappa shape index (κ3) is 8.29. The first-order valence-corrected chi connectivity index (χ1v) is 13.3. The van der Waals surface area contributed by atoms with E-state index in [0.29, 0.717) is 24.4 Å². The lowest BCUT2D eigenvalue weighted by Gasteiger charge is -2.40. The number of rotatable bonds is 10. The molecule has 1 aliphatic heterocycles. The molecule has 41 heavy (non-hydrogen) atoms. The molecule has 1 aliphatic rings. The minimum atomic E-state index is -1.16. The molecule has 0 spiro atoms. The minimum absolute atomic E-state index is 0.0324. The summed E-state index contributed by atoms with van der Waals surface area (Å²) < 4.78 is 16.9. The Morgan fingerprint density at radius 1 is 0.951 bits per heavy atom. The first-order valence-electron chi connectivity index (χ1n) is 13.3. The van der Waals surface area contributed by atoms with Crippen molar-refractivity contribution in [3.8, 4) is 5.75 Å². The van der Waals surface area contributed by atoms with Crippen LogP contribution in [0.5, 0.6) is 5.75 Å². The van der Waals surface area contributed by atoms with Crippen molar-refractivity contribution in [1.82, 2.24) is 10.2 Å². The molecule has 10 nitrogen and oxygen atoms in total. The fourth-order valence-electron chi connectivity index (χ4n) is 4.16. The van der Waals surface area contributed by atoms with Crippen LogP contribution in [-0.2, 0) is 19.1 Å². The third-order valence-electron chi connectivity index (χ3n) is 6.29. The first-order chi connectivity index (χ1) is 19.6. The minimum Gasteiger partial charge on any atom is -0.490 e. The fraction of sp³-hybridized carbons (Fsp3) is 0.323. The largest absolute Gasteiger partial charge is 0.490 e. The highest BCUT2D eigenvalue weighted by molar-refractivity contribution is 5.96. The molecule has 3 aromatic rings. The zero-order valence-electron chi connectivity index (χ0n) is 23.4. The van der Waals surface area contributed by atoms with Crippen LogP contribution in [0, 0.1) is 5.41 Å². The van der Waals surface area contributed by atoms with E-state index in [9.17, 15) is 9.59 Å². The van der Waals surface area contributed by atoms with Crippen LogP contribution >= 0.6 is 0 Å². The monoisotopic (exact) mass is 560 g/mol. The lowest BCUT2D eigenvalue weighted by Crippen LogP contribution is -2.61. The number of amides is 1. The summed E-state index contributed by atoms with van der Waals surface area (Å²) in [4.78, 5) is 31.6. The number of nitrogens with zero attached hydrogens (tertiary/aromatic N) is 1. The summed E-state index contributed by atoms with van der Waals surface area (Å²) in [6.07, 6.45) is -2.15. The second-order valence-corrected chi connectivity index (χ2v) is 10.7. The molecule has 3 aromatic carbocycles. The van der Waals surface area contributed by atoms with Crippen LogP contribution in [0.4, 0.5) is 4.79 Å². The Kier molecular flexibility index (Phi) is 9.59. The molecule has 10 heteroatoms. The summed E-state index contributed by atoms with van der Waals surface area (Å²) in [5, 5.41) is 11.5. The number of nitrogens with one attached hydrogen (secondary N) is 2. The summed E-state index contributed by atoms with van der Waals surface area (Å²) in [6, 6.07) is 25.6. The number of esters is 1. The van der Waals surface area contributed by atoms with Crippen LogP contribution in [0.2, 0.25) is 0 Å². The average molecular weight is 561 g/mol. The number of carbonyl (C=O) groups excluding carboxylic acids is 2. The van der Waals surface area contributed by atoms with Crippen molar-refractivity contribution in [2.45, 2.75) is 44.6 Å². The van der Waals surface area contributed by atoms with Gasteiger partial charge >= 0.3 is 12.1 Å². The van der Waals surface area contributed by atoms with Crippen molar-refractivity contribution < 1.29 is 28.6 Å². The van der Waals surface area contributed by atoms with E-state index in [1.54, 1.807) is 29.2 Å². The Bertz CT molecular complexity index is 1270. The number of hydrogen-bond acceptors (Lipinski definition) is 8. The van der Waals surface area contributed by atoms with Crippen molar-refractivity contribution in [2.75, 3.05) is 19.7 Å². The zero-order valence-corrected chi connectivity index (χ0v) is 23.4. The molecular formula is C31H36N4O6. The van der Waals surface area contributed by atoms with Crippen molar-refractivity contribution >= 4 is 17.9 Å². The Balaban J connectivity index is 1.28. The summed E-state index contributed by atoms with van der Waals surface area (Å²) in [7, 11) is 0. The second-order valence-electron chi connectivity index (χ2n) is 10.7. The summed E-state index contributed by atoms with van der Waals surface area (Å²) >= 11 is 0. The van der Waals surface area contributed by atoms with E-state index in [1.807, 2.05) is 81.4 Å². The molecule has 4 N–H and O–H groups in total. The van der Waals surface area contributed by atoms with Crippen molar-refractivity contribution in [2.24, 2.45) is 5.90 Å². The number of amidine groups is 1. The molecule has 1 amide bonds. The van der Waals surface area contributed by atoms with E-state index in [-0.39, 0.29) is 24.6 Å². The van der Waals surface area contributed by atoms with Gasteiger partial charge in [0.1, 0.15) is 23.8 Å². The molecular weight excluding hydrogens is 524 g/mol. The number of likely N-dealkylation sites (tertiary alicyclic amines) is 1. The van der Waals surface area contributed by atoms with Gasteiger partial charge in [0.15, 0.2) is 6.10 Å². The summed E-state index contributed by atoms with van der Waals surface area (Å²) in [5.41, 5.74) is 1.73.